The lowest BCUT2D eigenvalue weighted by Gasteiger charge is -2.26. The number of sulfone groups is 1. The van der Waals surface area contributed by atoms with Crippen LogP contribution in [-0.2, 0) is 16.4 Å². The van der Waals surface area contributed by atoms with Crippen LogP contribution in [0.2, 0.25) is 0 Å². The number of benzene rings is 1. The fourth-order valence-corrected chi connectivity index (χ4v) is 4.54. The molecule has 1 aromatic heterocycles. The Hall–Kier alpha value is -1.24. The maximum Gasteiger partial charge on any atom is 0.178 e. The minimum atomic E-state index is -3.10. The number of hydrogen-bond donors (Lipinski definition) is 1. The summed E-state index contributed by atoms with van der Waals surface area (Å²) in [6, 6.07) is 7.34. The number of aromatic nitrogens is 1. The Balaban J connectivity index is 1.84. The van der Waals surface area contributed by atoms with Crippen LogP contribution < -0.4 is 5.32 Å². The molecule has 0 radical (unpaired) electrons. The molecule has 1 atom stereocenters. The highest BCUT2D eigenvalue weighted by Crippen LogP contribution is 2.32. The van der Waals surface area contributed by atoms with Gasteiger partial charge in [0.1, 0.15) is 5.01 Å². The first-order valence-electron chi connectivity index (χ1n) is 6.10. The number of nitrogens with one attached hydrogen (secondary N) is 1. The molecule has 1 aliphatic heterocycles. The molecule has 4 nitrogen and oxygen atoms in total. The lowest BCUT2D eigenvalue weighted by molar-refractivity contribution is 0.491. The van der Waals surface area contributed by atoms with Gasteiger partial charge in [0, 0.05) is 24.2 Å². The highest BCUT2D eigenvalue weighted by Gasteiger charge is 2.29. The van der Waals surface area contributed by atoms with Crippen molar-refractivity contribution < 1.29 is 8.42 Å². The summed E-state index contributed by atoms with van der Waals surface area (Å²) in [5, 5.41) is 6.36. The molecule has 0 spiro atoms. The number of thiazole rings is 1. The second-order valence-corrected chi connectivity index (χ2v) is 7.56. The molecule has 2 aromatic rings. The minimum absolute atomic E-state index is 0.0867. The average Bonchev–Trinajstić information content (AvgIpc) is 2.91. The van der Waals surface area contributed by atoms with E-state index >= 15 is 0 Å². The zero-order valence-electron chi connectivity index (χ0n) is 10.2. The molecule has 1 aliphatic rings. The normalized spacial score (nSPS) is 20.9. The van der Waals surface area contributed by atoms with Gasteiger partial charge in [0.2, 0.25) is 0 Å². The van der Waals surface area contributed by atoms with E-state index in [0.717, 1.165) is 10.6 Å². The topological polar surface area (TPSA) is 59.1 Å². The Morgan fingerprint density at radius 1 is 1.37 bits per heavy atom. The highest BCUT2D eigenvalue weighted by molar-refractivity contribution is 7.91. The molecule has 0 saturated carbocycles. The van der Waals surface area contributed by atoms with Gasteiger partial charge in [-0.2, -0.15) is 0 Å². The van der Waals surface area contributed by atoms with Gasteiger partial charge in [0.25, 0.3) is 0 Å². The molecule has 0 bridgehead atoms. The van der Waals surface area contributed by atoms with E-state index < -0.39 is 9.84 Å². The van der Waals surface area contributed by atoms with Gasteiger partial charge in [-0.15, -0.1) is 11.3 Å². The maximum atomic E-state index is 12.0. The van der Waals surface area contributed by atoms with Gasteiger partial charge in [0.15, 0.2) is 9.84 Å². The van der Waals surface area contributed by atoms with E-state index in [9.17, 15) is 8.42 Å². The van der Waals surface area contributed by atoms with Gasteiger partial charge in [-0.1, -0.05) is 18.2 Å². The number of fused-ring (bicyclic) bond motifs is 1. The first-order chi connectivity index (χ1) is 9.17. The van der Waals surface area contributed by atoms with Gasteiger partial charge in [0.05, 0.1) is 10.6 Å². The van der Waals surface area contributed by atoms with E-state index in [1.54, 1.807) is 29.7 Å². The standard InChI is InChI=1S/C13H14N2O2S2/c16-19(17)8-5-11(10-3-1-2-4-12(10)19)15-9-13-14-6-7-18-13/h1-4,6-7,11,15H,5,8-9H2. The molecule has 19 heavy (non-hydrogen) atoms. The number of nitrogens with zero attached hydrogens (tertiary/aromatic N) is 1. The summed E-state index contributed by atoms with van der Waals surface area (Å²) >= 11 is 1.60. The van der Waals surface area contributed by atoms with E-state index in [-0.39, 0.29) is 11.8 Å². The molecule has 0 saturated heterocycles. The largest absolute Gasteiger partial charge is 0.303 e. The zero-order valence-corrected chi connectivity index (χ0v) is 11.9. The Labute approximate surface area is 116 Å². The van der Waals surface area contributed by atoms with E-state index in [1.165, 1.54) is 0 Å². The number of rotatable bonds is 3. The second kappa shape index (κ2) is 5.03. The fraction of sp³-hybridized carbons (Fsp3) is 0.308. The Morgan fingerprint density at radius 3 is 3.00 bits per heavy atom. The van der Waals surface area contributed by atoms with Crippen LogP contribution in [0.3, 0.4) is 0 Å². The van der Waals surface area contributed by atoms with Crippen LogP contribution in [-0.4, -0.2) is 19.2 Å². The quantitative estimate of drug-likeness (QED) is 0.942. The summed E-state index contributed by atoms with van der Waals surface area (Å²) in [7, 11) is -3.10. The van der Waals surface area contributed by atoms with Gasteiger partial charge < -0.3 is 5.32 Å². The summed E-state index contributed by atoms with van der Waals surface area (Å²) in [6.07, 6.45) is 2.39. The van der Waals surface area contributed by atoms with Crippen molar-refractivity contribution in [1.29, 1.82) is 0 Å². The molecular weight excluding hydrogens is 280 g/mol. The van der Waals surface area contributed by atoms with Crippen molar-refractivity contribution in [2.45, 2.75) is 23.9 Å². The van der Waals surface area contributed by atoms with Crippen molar-refractivity contribution in [3.63, 3.8) is 0 Å². The average molecular weight is 294 g/mol. The van der Waals surface area contributed by atoms with Crippen LogP contribution in [0.15, 0.2) is 40.7 Å². The minimum Gasteiger partial charge on any atom is -0.303 e. The molecule has 1 N–H and O–H groups in total. The molecule has 0 aliphatic carbocycles. The van der Waals surface area contributed by atoms with Crippen LogP contribution in [0.5, 0.6) is 0 Å². The first kappa shape index (κ1) is 12.8. The fourth-order valence-electron chi connectivity index (χ4n) is 2.35. The SMILES string of the molecule is O=S1(=O)CCC(NCc2nccs2)c2ccccc21. The van der Waals surface area contributed by atoms with Crippen molar-refractivity contribution >= 4 is 21.2 Å². The van der Waals surface area contributed by atoms with E-state index in [4.69, 9.17) is 0 Å². The Kier molecular flexibility index (Phi) is 3.38. The van der Waals surface area contributed by atoms with E-state index in [0.29, 0.717) is 17.9 Å². The lowest BCUT2D eigenvalue weighted by atomic mass is 10.0. The van der Waals surface area contributed by atoms with Crippen molar-refractivity contribution in [3.8, 4) is 0 Å². The van der Waals surface area contributed by atoms with Crippen molar-refractivity contribution in [2.75, 3.05) is 5.75 Å². The van der Waals surface area contributed by atoms with E-state index in [2.05, 4.69) is 10.3 Å². The van der Waals surface area contributed by atoms with Crippen molar-refractivity contribution in [1.82, 2.24) is 10.3 Å². The molecule has 2 heterocycles. The van der Waals surface area contributed by atoms with Crippen LogP contribution in [0.1, 0.15) is 23.0 Å². The third-order valence-corrected chi connectivity index (χ3v) is 5.88. The van der Waals surface area contributed by atoms with Crippen molar-refractivity contribution in [3.05, 3.63) is 46.4 Å². The van der Waals surface area contributed by atoms with Crippen LogP contribution in [0.25, 0.3) is 0 Å². The second-order valence-electron chi connectivity index (χ2n) is 4.50. The van der Waals surface area contributed by atoms with Crippen molar-refractivity contribution in [2.24, 2.45) is 0 Å². The molecule has 100 valence electrons. The Morgan fingerprint density at radius 2 is 2.21 bits per heavy atom. The van der Waals surface area contributed by atoms with Crippen LogP contribution in [0.4, 0.5) is 0 Å². The summed E-state index contributed by atoms with van der Waals surface area (Å²) in [6.45, 7) is 0.677. The number of hydrogen-bond acceptors (Lipinski definition) is 5. The monoisotopic (exact) mass is 294 g/mol. The highest BCUT2D eigenvalue weighted by atomic mass is 32.2. The predicted octanol–water partition coefficient (Wildman–Crippen LogP) is 2.15. The summed E-state index contributed by atoms with van der Waals surface area (Å²) < 4.78 is 24.0. The van der Waals surface area contributed by atoms with Gasteiger partial charge in [-0.05, 0) is 18.1 Å². The predicted molar refractivity (Wildman–Crippen MR) is 74.8 cm³/mol. The molecule has 1 unspecified atom stereocenters. The summed E-state index contributed by atoms with van der Waals surface area (Å²) in [5.74, 6) is 0.208. The molecular formula is C13H14N2O2S2. The van der Waals surface area contributed by atoms with E-state index in [1.807, 2.05) is 17.5 Å². The van der Waals surface area contributed by atoms with Crippen LogP contribution in [0, 0.1) is 0 Å². The smallest absolute Gasteiger partial charge is 0.178 e. The third-order valence-electron chi connectivity index (χ3n) is 3.29. The molecule has 1 aromatic carbocycles. The zero-order chi connectivity index (χ0) is 13.3. The van der Waals surface area contributed by atoms with Crippen LogP contribution >= 0.6 is 11.3 Å². The maximum absolute atomic E-state index is 12.0. The van der Waals surface area contributed by atoms with Gasteiger partial charge >= 0.3 is 0 Å². The molecule has 0 fully saturated rings. The van der Waals surface area contributed by atoms with Gasteiger partial charge in [-0.3, -0.25) is 0 Å². The third kappa shape index (κ3) is 2.56. The Bertz CT molecular complexity index is 666. The van der Waals surface area contributed by atoms with Gasteiger partial charge in [-0.25, -0.2) is 13.4 Å². The molecule has 6 heteroatoms. The summed E-state index contributed by atoms with van der Waals surface area (Å²) in [4.78, 5) is 4.69. The first-order valence-corrected chi connectivity index (χ1v) is 8.63. The molecule has 3 rings (SSSR count). The summed E-state index contributed by atoms with van der Waals surface area (Å²) in [5.41, 5.74) is 0.880. The lowest BCUT2D eigenvalue weighted by Crippen LogP contribution is -2.29. The molecule has 0 amide bonds.